The average Bonchev–Trinajstić information content (AvgIpc) is 3.22. The van der Waals surface area contributed by atoms with E-state index in [2.05, 4.69) is 75.3 Å². The van der Waals surface area contributed by atoms with Gasteiger partial charge in [-0.05, 0) is 19.4 Å². The monoisotopic (exact) mass is 413 g/mol. The lowest BCUT2D eigenvalue weighted by Gasteiger charge is -2.34. The molecule has 0 bridgehead atoms. The molecule has 1 unspecified atom stereocenters. The molecule has 0 aliphatic carbocycles. The maximum Gasteiger partial charge on any atom is 0.191 e. The van der Waals surface area contributed by atoms with E-state index in [0.29, 0.717) is 6.54 Å². The molecular formula is C22H35N7O. The summed E-state index contributed by atoms with van der Waals surface area (Å²) in [5.74, 6) is 1.85. The molecule has 0 amide bonds. The number of morpholine rings is 1. The van der Waals surface area contributed by atoms with Crippen LogP contribution in [0.2, 0.25) is 0 Å². The Balaban J connectivity index is 1.66. The van der Waals surface area contributed by atoms with Crippen LogP contribution in [0.1, 0.15) is 36.8 Å². The summed E-state index contributed by atoms with van der Waals surface area (Å²) in [6.07, 6.45) is 2.67. The van der Waals surface area contributed by atoms with Gasteiger partial charge in [0.15, 0.2) is 5.96 Å². The number of aromatic nitrogens is 3. The predicted molar refractivity (Wildman–Crippen MR) is 120 cm³/mol. The third kappa shape index (κ3) is 6.27. The first-order valence-electron chi connectivity index (χ1n) is 11.0. The van der Waals surface area contributed by atoms with E-state index >= 15 is 0 Å². The highest BCUT2D eigenvalue weighted by Crippen LogP contribution is 2.23. The van der Waals surface area contributed by atoms with Crippen LogP contribution in [0.25, 0.3) is 0 Å². The van der Waals surface area contributed by atoms with Gasteiger partial charge in [-0.3, -0.25) is 9.89 Å². The quantitative estimate of drug-likeness (QED) is 0.482. The molecule has 8 nitrogen and oxygen atoms in total. The Morgan fingerprint density at radius 3 is 2.80 bits per heavy atom. The molecule has 1 aromatic carbocycles. The van der Waals surface area contributed by atoms with Crippen LogP contribution in [0, 0.1) is 6.92 Å². The van der Waals surface area contributed by atoms with Gasteiger partial charge in [0, 0.05) is 39.1 Å². The maximum absolute atomic E-state index is 5.57. The zero-order chi connectivity index (χ0) is 21.2. The van der Waals surface area contributed by atoms with Gasteiger partial charge < -0.3 is 19.9 Å². The molecule has 2 N–H and O–H groups in total. The second-order valence-corrected chi connectivity index (χ2v) is 7.52. The lowest BCUT2D eigenvalue weighted by molar-refractivity contribution is 0.0179. The van der Waals surface area contributed by atoms with Crippen LogP contribution < -0.4 is 10.6 Å². The number of guanidine groups is 1. The molecule has 0 radical (unpaired) electrons. The van der Waals surface area contributed by atoms with Gasteiger partial charge in [-0.25, -0.2) is 0 Å². The molecule has 1 saturated heterocycles. The first kappa shape index (κ1) is 22.2. The number of benzene rings is 1. The molecule has 30 heavy (non-hydrogen) atoms. The van der Waals surface area contributed by atoms with Crippen LogP contribution >= 0.6 is 0 Å². The van der Waals surface area contributed by atoms with Gasteiger partial charge in [-0.15, -0.1) is 10.2 Å². The van der Waals surface area contributed by atoms with Gasteiger partial charge >= 0.3 is 0 Å². The lowest BCUT2D eigenvalue weighted by atomic mass is 10.0. The highest BCUT2D eigenvalue weighted by Gasteiger charge is 2.22. The summed E-state index contributed by atoms with van der Waals surface area (Å²) < 4.78 is 7.65. The smallest absolute Gasteiger partial charge is 0.191 e. The average molecular weight is 414 g/mol. The third-order valence-electron chi connectivity index (χ3n) is 5.34. The molecule has 0 saturated carbocycles. The Kier molecular flexibility index (Phi) is 8.65. The van der Waals surface area contributed by atoms with E-state index in [1.165, 1.54) is 11.1 Å². The normalized spacial score (nSPS) is 16.4. The number of rotatable bonds is 9. The van der Waals surface area contributed by atoms with Gasteiger partial charge in [0.05, 0.1) is 25.8 Å². The van der Waals surface area contributed by atoms with Crippen LogP contribution in [0.4, 0.5) is 0 Å². The number of nitrogens with one attached hydrogen (secondary N) is 2. The van der Waals surface area contributed by atoms with E-state index in [1.54, 1.807) is 6.33 Å². The van der Waals surface area contributed by atoms with Crippen molar-refractivity contribution in [1.82, 2.24) is 30.3 Å². The van der Waals surface area contributed by atoms with Gasteiger partial charge in [0.2, 0.25) is 0 Å². The molecular weight excluding hydrogens is 378 g/mol. The van der Waals surface area contributed by atoms with Crippen molar-refractivity contribution >= 4 is 5.96 Å². The van der Waals surface area contributed by atoms with E-state index < -0.39 is 0 Å². The van der Waals surface area contributed by atoms with Crippen molar-refractivity contribution in [2.45, 2.75) is 39.8 Å². The summed E-state index contributed by atoms with van der Waals surface area (Å²) in [4.78, 5) is 7.41. The molecule has 1 aliphatic rings. The largest absolute Gasteiger partial charge is 0.379 e. The first-order chi connectivity index (χ1) is 14.7. The molecule has 3 rings (SSSR count). The van der Waals surface area contributed by atoms with Crippen LogP contribution in [-0.2, 0) is 17.7 Å². The Hall–Kier alpha value is -2.45. The minimum Gasteiger partial charge on any atom is -0.379 e. The summed E-state index contributed by atoms with van der Waals surface area (Å²) in [6, 6.07) is 9.00. The summed E-state index contributed by atoms with van der Waals surface area (Å²) >= 11 is 0. The third-order valence-corrected chi connectivity index (χ3v) is 5.34. The van der Waals surface area contributed by atoms with E-state index in [-0.39, 0.29) is 6.04 Å². The van der Waals surface area contributed by atoms with Crippen molar-refractivity contribution in [2.24, 2.45) is 4.99 Å². The lowest BCUT2D eigenvalue weighted by Crippen LogP contribution is -2.42. The zero-order valence-corrected chi connectivity index (χ0v) is 18.5. The van der Waals surface area contributed by atoms with Crippen molar-refractivity contribution in [3.05, 3.63) is 47.5 Å². The fourth-order valence-electron chi connectivity index (χ4n) is 3.75. The number of hydrogen-bond donors (Lipinski definition) is 2. The second-order valence-electron chi connectivity index (χ2n) is 7.52. The maximum atomic E-state index is 5.57. The van der Waals surface area contributed by atoms with E-state index in [9.17, 15) is 0 Å². The van der Waals surface area contributed by atoms with E-state index in [4.69, 9.17) is 9.73 Å². The van der Waals surface area contributed by atoms with Crippen molar-refractivity contribution in [3.8, 4) is 0 Å². The van der Waals surface area contributed by atoms with Crippen LogP contribution in [0.15, 0.2) is 35.6 Å². The molecule has 1 atom stereocenters. The van der Waals surface area contributed by atoms with Gasteiger partial charge in [0.25, 0.3) is 0 Å². The molecule has 164 valence electrons. The number of nitrogens with zero attached hydrogens (tertiary/aromatic N) is 5. The van der Waals surface area contributed by atoms with E-state index in [1.807, 2.05) is 0 Å². The second kappa shape index (κ2) is 11.7. The Morgan fingerprint density at radius 2 is 2.07 bits per heavy atom. The summed E-state index contributed by atoms with van der Waals surface area (Å²) in [5, 5.41) is 15.0. The van der Waals surface area contributed by atoms with Crippen LogP contribution in [0.3, 0.4) is 0 Å². The molecule has 1 aliphatic heterocycles. The number of hydrogen-bond acceptors (Lipinski definition) is 5. The fraction of sp³-hybridized carbons (Fsp3) is 0.591. The van der Waals surface area contributed by atoms with Crippen molar-refractivity contribution in [1.29, 1.82) is 0 Å². The van der Waals surface area contributed by atoms with Gasteiger partial charge in [-0.1, -0.05) is 36.8 Å². The SMILES string of the molecule is CCNC(=NCC(c1cccc(C)c1)N1CCOCC1)NCCn1cnnc1CC. The Morgan fingerprint density at radius 1 is 1.23 bits per heavy atom. The van der Waals surface area contributed by atoms with E-state index in [0.717, 1.165) is 64.1 Å². The Labute approximate surface area is 179 Å². The molecule has 2 aromatic rings. The standard InChI is InChI=1S/C22H35N7O/c1-4-21-27-26-17-29(21)10-9-24-22(23-5-2)25-16-20(28-11-13-30-14-12-28)19-8-6-7-18(3)15-19/h6-8,15,17,20H,4-5,9-14,16H2,1-3H3,(H2,23,24,25). The highest BCUT2D eigenvalue weighted by molar-refractivity contribution is 5.79. The molecule has 8 heteroatoms. The minimum atomic E-state index is 0.244. The van der Waals surface area contributed by atoms with Crippen LogP contribution in [-0.4, -0.2) is 71.6 Å². The minimum absolute atomic E-state index is 0.244. The fourth-order valence-corrected chi connectivity index (χ4v) is 3.75. The molecule has 0 spiro atoms. The topological polar surface area (TPSA) is 79.6 Å². The van der Waals surface area contributed by atoms with Crippen molar-refractivity contribution in [3.63, 3.8) is 0 Å². The Bertz CT molecular complexity index is 798. The predicted octanol–water partition coefficient (Wildman–Crippen LogP) is 1.78. The van der Waals surface area contributed by atoms with Gasteiger partial charge in [0.1, 0.15) is 12.2 Å². The van der Waals surface area contributed by atoms with Crippen molar-refractivity contribution < 1.29 is 4.74 Å². The van der Waals surface area contributed by atoms with Gasteiger partial charge in [-0.2, -0.15) is 0 Å². The molecule has 1 fully saturated rings. The highest BCUT2D eigenvalue weighted by atomic mass is 16.5. The van der Waals surface area contributed by atoms with Crippen molar-refractivity contribution in [2.75, 3.05) is 45.9 Å². The number of ether oxygens (including phenoxy) is 1. The molecule has 2 heterocycles. The summed E-state index contributed by atoms with van der Waals surface area (Å²) in [7, 11) is 0. The number of aryl methyl sites for hydroxylation is 2. The molecule has 1 aromatic heterocycles. The number of aliphatic imine (C=N–C) groups is 1. The first-order valence-corrected chi connectivity index (χ1v) is 11.0. The summed E-state index contributed by atoms with van der Waals surface area (Å²) in [6.45, 7) is 12.9. The zero-order valence-electron chi connectivity index (χ0n) is 18.5. The summed E-state index contributed by atoms with van der Waals surface area (Å²) in [5.41, 5.74) is 2.59. The van der Waals surface area contributed by atoms with Crippen LogP contribution in [0.5, 0.6) is 0 Å².